The van der Waals surface area contributed by atoms with E-state index in [1.54, 1.807) is 24.0 Å². The van der Waals surface area contributed by atoms with E-state index < -0.39 is 29.6 Å². The summed E-state index contributed by atoms with van der Waals surface area (Å²) >= 11 is 1.24. The molecule has 0 aromatic carbocycles. The molecule has 3 heterocycles. The highest BCUT2D eigenvalue weighted by molar-refractivity contribution is 7.20. The molecule has 3 aromatic rings. The second kappa shape index (κ2) is 6.51. The SMILES string of the molecule is Cn1ncc2cc(C(=O)NCc3ncc(C(=O)O)c(C(F)F)n3)sc21. The minimum absolute atomic E-state index is 0.101. The number of nitrogens with zero attached hydrogens (tertiary/aromatic N) is 4. The van der Waals surface area contributed by atoms with Crippen molar-refractivity contribution < 1.29 is 23.5 Å². The highest BCUT2D eigenvalue weighted by Crippen LogP contribution is 2.25. The van der Waals surface area contributed by atoms with E-state index in [1.807, 2.05) is 0 Å². The van der Waals surface area contributed by atoms with Crippen molar-refractivity contribution in [3.05, 3.63) is 40.4 Å². The van der Waals surface area contributed by atoms with Gasteiger partial charge in [-0.2, -0.15) is 5.10 Å². The lowest BCUT2D eigenvalue weighted by molar-refractivity contribution is 0.0680. The lowest BCUT2D eigenvalue weighted by Gasteiger charge is -2.07. The van der Waals surface area contributed by atoms with E-state index in [9.17, 15) is 18.4 Å². The number of fused-ring (bicyclic) bond motifs is 1. The molecule has 0 aliphatic rings. The largest absolute Gasteiger partial charge is 0.478 e. The van der Waals surface area contributed by atoms with E-state index in [0.717, 1.165) is 16.4 Å². The van der Waals surface area contributed by atoms with Crippen LogP contribution in [0, 0.1) is 0 Å². The number of carboxylic acids is 1. The van der Waals surface area contributed by atoms with Gasteiger partial charge in [0.1, 0.15) is 21.9 Å². The number of carbonyl (C=O) groups excluding carboxylic acids is 1. The molecule has 130 valence electrons. The molecule has 0 atom stereocenters. The average molecular weight is 367 g/mol. The average Bonchev–Trinajstić information content (AvgIpc) is 3.14. The van der Waals surface area contributed by atoms with Crippen molar-refractivity contribution in [2.24, 2.45) is 7.05 Å². The van der Waals surface area contributed by atoms with E-state index in [4.69, 9.17) is 5.11 Å². The van der Waals surface area contributed by atoms with Crippen LogP contribution in [0.4, 0.5) is 8.78 Å². The number of alkyl halides is 2. The van der Waals surface area contributed by atoms with Gasteiger partial charge in [0, 0.05) is 18.6 Å². The second-order valence-electron chi connectivity index (χ2n) is 5.01. The molecule has 3 rings (SSSR count). The Kier molecular flexibility index (Phi) is 4.40. The summed E-state index contributed by atoms with van der Waals surface area (Å²) in [6.07, 6.45) is -0.618. The fourth-order valence-electron chi connectivity index (χ4n) is 2.15. The minimum atomic E-state index is -3.06. The maximum atomic E-state index is 12.9. The summed E-state index contributed by atoms with van der Waals surface area (Å²) in [5.74, 6) is -2.05. The summed E-state index contributed by atoms with van der Waals surface area (Å²) in [4.78, 5) is 31.5. The number of hydrogen-bond donors (Lipinski definition) is 2. The Balaban J connectivity index is 1.75. The number of nitrogens with one attached hydrogen (secondary N) is 1. The van der Waals surface area contributed by atoms with E-state index in [0.29, 0.717) is 4.88 Å². The summed E-state index contributed by atoms with van der Waals surface area (Å²) in [7, 11) is 1.75. The molecule has 1 amide bonds. The molecule has 0 bridgehead atoms. The van der Waals surface area contributed by atoms with E-state index in [2.05, 4.69) is 20.4 Å². The maximum Gasteiger partial charge on any atom is 0.339 e. The van der Waals surface area contributed by atoms with Crippen LogP contribution in [0.2, 0.25) is 0 Å². The van der Waals surface area contributed by atoms with Gasteiger partial charge in [0.25, 0.3) is 12.3 Å². The Morgan fingerprint density at radius 2 is 2.16 bits per heavy atom. The molecule has 0 spiro atoms. The Hall–Kier alpha value is -2.95. The first-order valence-electron chi connectivity index (χ1n) is 6.94. The maximum absolute atomic E-state index is 12.9. The van der Waals surface area contributed by atoms with E-state index in [-0.39, 0.29) is 12.4 Å². The van der Waals surface area contributed by atoms with Crippen molar-refractivity contribution in [3.63, 3.8) is 0 Å². The number of aryl methyl sites for hydroxylation is 1. The molecule has 0 unspecified atom stereocenters. The highest BCUT2D eigenvalue weighted by atomic mass is 32.1. The second-order valence-corrected chi connectivity index (χ2v) is 6.04. The zero-order valence-corrected chi connectivity index (χ0v) is 13.5. The zero-order valence-electron chi connectivity index (χ0n) is 12.7. The van der Waals surface area contributed by atoms with Crippen LogP contribution < -0.4 is 5.32 Å². The third-order valence-electron chi connectivity index (χ3n) is 3.34. The molecule has 0 saturated carbocycles. The molecule has 11 heteroatoms. The van der Waals surface area contributed by atoms with Crippen molar-refractivity contribution in [2.75, 3.05) is 0 Å². The minimum Gasteiger partial charge on any atom is -0.478 e. The first-order valence-corrected chi connectivity index (χ1v) is 7.75. The zero-order chi connectivity index (χ0) is 18.1. The summed E-state index contributed by atoms with van der Waals surface area (Å²) < 4.78 is 27.4. The third kappa shape index (κ3) is 3.31. The molecular formula is C14H11F2N5O3S. The van der Waals surface area contributed by atoms with Crippen LogP contribution >= 0.6 is 11.3 Å². The number of amides is 1. The topological polar surface area (TPSA) is 110 Å². The summed E-state index contributed by atoms with van der Waals surface area (Å²) in [5, 5.41) is 16.3. The van der Waals surface area contributed by atoms with Gasteiger partial charge in [-0.15, -0.1) is 11.3 Å². The van der Waals surface area contributed by atoms with Crippen molar-refractivity contribution in [1.29, 1.82) is 0 Å². The fourth-order valence-corrected chi connectivity index (χ4v) is 3.12. The van der Waals surface area contributed by atoms with Crippen LogP contribution in [0.1, 0.15) is 38.0 Å². The number of hydrogen-bond acceptors (Lipinski definition) is 6. The summed E-state index contributed by atoms with van der Waals surface area (Å²) in [6.45, 7) is -0.203. The smallest absolute Gasteiger partial charge is 0.339 e. The van der Waals surface area contributed by atoms with Gasteiger partial charge < -0.3 is 10.4 Å². The van der Waals surface area contributed by atoms with Crippen LogP contribution in [-0.4, -0.2) is 36.7 Å². The molecule has 8 nitrogen and oxygen atoms in total. The van der Waals surface area contributed by atoms with Gasteiger partial charge in [0.2, 0.25) is 0 Å². The van der Waals surface area contributed by atoms with Gasteiger partial charge in [-0.3, -0.25) is 9.48 Å². The van der Waals surface area contributed by atoms with Crippen LogP contribution in [-0.2, 0) is 13.6 Å². The number of halogens is 2. The molecule has 25 heavy (non-hydrogen) atoms. The first kappa shape index (κ1) is 16.9. The Morgan fingerprint density at radius 1 is 1.40 bits per heavy atom. The summed E-state index contributed by atoms with van der Waals surface area (Å²) in [5.41, 5.74) is -1.54. The van der Waals surface area contributed by atoms with Crippen LogP contribution in [0.15, 0.2) is 18.5 Å². The third-order valence-corrected chi connectivity index (χ3v) is 4.56. The molecule has 0 aliphatic heterocycles. The molecule has 0 radical (unpaired) electrons. The molecule has 2 N–H and O–H groups in total. The van der Waals surface area contributed by atoms with Crippen LogP contribution in [0.25, 0.3) is 10.2 Å². The molecule has 0 saturated heterocycles. The number of thiophene rings is 1. The number of aromatic nitrogens is 4. The Morgan fingerprint density at radius 3 is 2.80 bits per heavy atom. The van der Waals surface area contributed by atoms with Gasteiger partial charge in [0.05, 0.1) is 17.6 Å². The van der Waals surface area contributed by atoms with Gasteiger partial charge in [-0.05, 0) is 6.07 Å². The summed E-state index contributed by atoms with van der Waals surface area (Å²) in [6, 6.07) is 1.67. The van der Waals surface area contributed by atoms with Crippen molar-refractivity contribution in [3.8, 4) is 0 Å². The van der Waals surface area contributed by atoms with Crippen molar-refractivity contribution in [2.45, 2.75) is 13.0 Å². The van der Waals surface area contributed by atoms with E-state index >= 15 is 0 Å². The standard InChI is InChI=1S/C14H11F2N5O3S/c1-21-13-6(3-19-21)2-8(25-13)12(22)18-5-9-17-4-7(14(23)24)10(20-9)11(15)16/h2-4,11H,5H2,1H3,(H,18,22)(H,23,24). The normalized spacial score (nSPS) is 11.2. The van der Waals surface area contributed by atoms with Crippen LogP contribution in [0.5, 0.6) is 0 Å². The highest BCUT2D eigenvalue weighted by Gasteiger charge is 2.21. The first-order chi connectivity index (χ1) is 11.9. The van der Waals surface area contributed by atoms with Gasteiger partial charge >= 0.3 is 5.97 Å². The Bertz CT molecular complexity index is 969. The van der Waals surface area contributed by atoms with Crippen molar-refractivity contribution >= 4 is 33.4 Å². The quantitative estimate of drug-likeness (QED) is 0.714. The van der Waals surface area contributed by atoms with Gasteiger partial charge in [-0.1, -0.05) is 0 Å². The molecule has 3 aromatic heterocycles. The molecular weight excluding hydrogens is 356 g/mol. The number of carbonyl (C=O) groups is 2. The van der Waals surface area contributed by atoms with Crippen LogP contribution in [0.3, 0.4) is 0 Å². The van der Waals surface area contributed by atoms with E-state index in [1.165, 1.54) is 11.3 Å². The fraction of sp³-hybridized carbons (Fsp3) is 0.214. The molecule has 0 fully saturated rings. The number of aromatic carboxylic acids is 1. The van der Waals surface area contributed by atoms with Crippen molar-refractivity contribution in [1.82, 2.24) is 25.1 Å². The molecule has 0 aliphatic carbocycles. The predicted octanol–water partition coefficient (Wildman–Crippen LogP) is 1.99. The Labute approximate surface area is 143 Å². The van der Waals surface area contributed by atoms with Gasteiger partial charge in [0.15, 0.2) is 0 Å². The predicted molar refractivity (Wildman–Crippen MR) is 83.7 cm³/mol. The number of carboxylic acid groups (broad SMARTS) is 1. The van der Waals surface area contributed by atoms with Gasteiger partial charge in [-0.25, -0.2) is 23.5 Å². The number of rotatable bonds is 5. The lowest BCUT2D eigenvalue weighted by Crippen LogP contribution is -2.23. The monoisotopic (exact) mass is 367 g/mol. The lowest BCUT2D eigenvalue weighted by atomic mass is 10.2.